The van der Waals surface area contributed by atoms with Gasteiger partial charge in [-0.2, -0.15) is 11.8 Å². The SMILES string of the molecule is CCSC1CCC(Nc2nc(C(C)C)nc(NC)c2C)C1. The number of thioether (sulfide) groups is 1. The predicted molar refractivity (Wildman–Crippen MR) is 93.6 cm³/mol. The van der Waals surface area contributed by atoms with Crippen LogP contribution in [-0.2, 0) is 0 Å². The number of nitrogens with zero attached hydrogens (tertiary/aromatic N) is 2. The predicted octanol–water partition coefficient (Wildman–Crippen LogP) is 4.04. The maximum absolute atomic E-state index is 4.75. The minimum atomic E-state index is 0.338. The first-order valence-corrected chi connectivity index (χ1v) is 9.04. The van der Waals surface area contributed by atoms with Gasteiger partial charge in [0.25, 0.3) is 0 Å². The number of rotatable bonds is 6. The Labute approximate surface area is 132 Å². The van der Waals surface area contributed by atoms with Gasteiger partial charge in [-0.3, -0.25) is 0 Å². The lowest BCUT2D eigenvalue weighted by atomic mass is 10.2. The first-order valence-electron chi connectivity index (χ1n) is 7.99. The lowest BCUT2D eigenvalue weighted by molar-refractivity contribution is 0.734. The van der Waals surface area contributed by atoms with Gasteiger partial charge in [-0.05, 0) is 31.9 Å². The number of hydrogen-bond donors (Lipinski definition) is 2. The summed E-state index contributed by atoms with van der Waals surface area (Å²) < 4.78 is 0. The lowest BCUT2D eigenvalue weighted by Crippen LogP contribution is -2.19. The van der Waals surface area contributed by atoms with Gasteiger partial charge >= 0.3 is 0 Å². The second kappa shape index (κ2) is 7.34. The summed E-state index contributed by atoms with van der Waals surface area (Å²) in [5.41, 5.74) is 1.12. The molecule has 2 unspecified atom stereocenters. The van der Waals surface area contributed by atoms with Crippen LogP contribution in [0.5, 0.6) is 0 Å². The zero-order valence-electron chi connectivity index (χ0n) is 13.9. The van der Waals surface area contributed by atoms with Crippen LogP contribution in [0.2, 0.25) is 0 Å². The monoisotopic (exact) mass is 308 g/mol. The van der Waals surface area contributed by atoms with Crippen LogP contribution in [0.4, 0.5) is 11.6 Å². The molecule has 1 aromatic heterocycles. The van der Waals surface area contributed by atoms with Crippen molar-refractivity contribution in [2.45, 2.75) is 64.2 Å². The van der Waals surface area contributed by atoms with E-state index >= 15 is 0 Å². The minimum Gasteiger partial charge on any atom is -0.373 e. The summed E-state index contributed by atoms with van der Waals surface area (Å²) in [6.45, 7) is 8.61. The summed E-state index contributed by atoms with van der Waals surface area (Å²) in [7, 11) is 1.92. The third-order valence-electron chi connectivity index (χ3n) is 4.04. The van der Waals surface area contributed by atoms with Gasteiger partial charge in [-0.15, -0.1) is 0 Å². The molecule has 1 heterocycles. The summed E-state index contributed by atoms with van der Waals surface area (Å²) in [5, 5.41) is 7.66. The van der Waals surface area contributed by atoms with Crippen molar-refractivity contribution < 1.29 is 0 Å². The fourth-order valence-electron chi connectivity index (χ4n) is 2.83. The number of anilines is 2. The van der Waals surface area contributed by atoms with Crippen molar-refractivity contribution in [2.24, 2.45) is 0 Å². The molecule has 0 bridgehead atoms. The molecule has 4 nitrogen and oxygen atoms in total. The molecule has 2 atom stereocenters. The van der Waals surface area contributed by atoms with Crippen molar-refractivity contribution in [3.8, 4) is 0 Å². The van der Waals surface area contributed by atoms with Gasteiger partial charge in [-0.25, -0.2) is 9.97 Å². The molecule has 2 rings (SSSR count). The Morgan fingerprint density at radius 3 is 2.57 bits per heavy atom. The van der Waals surface area contributed by atoms with Crippen LogP contribution in [0.15, 0.2) is 0 Å². The second-order valence-corrected chi connectivity index (χ2v) is 7.62. The van der Waals surface area contributed by atoms with E-state index in [0.29, 0.717) is 12.0 Å². The molecule has 118 valence electrons. The highest BCUT2D eigenvalue weighted by Crippen LogP contribution is 2.32. The Hall–Kier alpha value is -0.970. The van der Waals surface area contributed by atoms with Gasteiger partial charge in [0, 0.05) is 29.8 Å². The molecule has 1 aliphatic rings. The van der Waals surface area contributed by atoms with Crippen LogP contribution in [0.25, 0.3) is 0 Å². The van der Waals surface area contributed by atoms with Crippen LogP contribution < -0.4 is 10.6 Å². The first kappa shape index (κ1) is 16.4. The maximum atomic E-state index is 4.75. The molecule has 1 aromatic rings. The summed E-state index contributed by atoms with van der Waals surface area (Å²) in [5.74, 6) is 4.40. The number of nitrogens with one attached hydrogen (secondary N) is 2. The van der Waals surface area contributed by atoms with E-state index < -0.39 is 0 Å². The van der Waals surface area contributed by atoms with Gasteiger partial charge in [0.2, 0.25) is 0 Å². The molecule has 0 aliphatic heterocycles. The highest BCUT2D eigenvalue weighted by molar-refractivity contribution is 7.99. The van der Waals surface area contributed by atoms with Crippen LogP contribution >= 0.6 is 11.8 Å². The molecular weight excluding hydrogens is 280 g/mol. The van der Waals surface area contributed by atoms with E-state index in [1.807, 2.05) is 7.05 Å². The Morgan fingerprint density at radius 1 is 1.24 bits per heavy atom. The standard InChI is InChI=1S/C16H28N4S/c1-6-21-13-8-7-12(9-13)18-16-11(4)15(17-5)19-14(20-16)10(2)3/h10,12-13H,6-9H2,1-5H3,(H2,17,18,19,20). The fraction of sp³-hybridized carbons (Fsp3) is 0.750. The molecule has 0 amide bonds. The van der Waals surface area contributed by atoms with Crippen LogP contribution in [0.3, 0.4) is 0 Å². The molecule has 0 aromatic carbocycles. The van der Waals surface area contributed by atoms with E-state index in [2.05, 4.69) is 55.1 Å². The molecule has 2 N–H and O–H groups in total. The summed E-state index contributed by atoms with van der Waals surface area (Å²) in [4.78, 5) is 9.35. The largest absolute Gasteiger partial charge is 0.373 e. The van der Waals surface area contributed by atoms with Crippen LogP contribution in [-0.4, -0.2) is 34.1 Å². The fourth-order valence-corrected chi connectivity index (χ4v) is 3.97. The number of aromatic nitrogens is 2. The topological polar surface area (TPSA) is 49.8 Å². The average molecular weight is 308 g/mol. The molecule has 1 saturated carbocycles. The summed E-state index contributed by atoms with van der Waals surface area (Å²) in [6, 6.07) is 0.548. The zero-order valence-corrected chi connectivity index (χ0v) is 14.7. The maximum Gasteiger partial charge on any atom is 0.135 e. The molecule has 1 aliphatic carbocycles. The molecule has 5 heteroatoms. The van der Waals surface area contributed by atoms with Crippen molar-refractivity contribution >= 4 is 23.4 Å². The molecule has 0 saturated heterocycles. The number of hydrogen-bond acceptors (Lipinski definition) is 5. The zero-order chi connectivity index (χ0) is 15.4. The van der Waals surface area contributed by atoms with Crippen LogP contribution in [0, 0.1) is 6.92 Å². The third kappa shape index (κ3) is 4.02. The van der Waals surface area contributed by atoms with Crippen molar-refractivity contribution in [3.05, 3.63) is 11.4 Å². The molecule has 21 heavy (non-hydrogen) atoms. The minimum absolute atomic E-state index is 0.338. The van der Waals surface area contributed by atoms with Gasteiger partial charge in [0.05, 0.1) is 0 Å². The highest BCUT2D eigenvalue weighted by Gasteiger charge is 2.25. The van der Waals surface area contributed by atoms with Crippen molar-refractivity contribution in [1.82, 2.24) is 9.97 Å². The Morgan fingerprint density at radius 2 is 1.95 bits per heavy atom. The van der Waals surface area contributed by atoms with Gasteiger partial charge in [0.15, 0.2) is 0 Å². The van der Waals surface area contributed by atoms with Gasteiger partial charge < -0.3 is 10.6 Å². The quantitative estimate of drug-likeness (QED) is 0.830. The molecular formula is C16H28N4S. The third-order valence-corrected chi connectivity index (χ3v) is 5.28. The van der Waals surface area contributed by atoms with Gasteiger partial charge in [-0.1, -0.05) is 20.8 Å². The summed E-state index contributed by atoms with van der Waals surface area (Å²) in [6.07, 6.45) is 3.80. The Bertz CT molecular complexity index is 476. The molecule has 0 radical (unpaired) electrons. The van der Waals surface area contributed by atoms with E-state index in [-0.39, 0.29) is 0 Å². The average Bonchev–Trinajstić information content (AvgIpc) is 2.88. The summed E-state index contributed by atoms with van der Waals surface area (Å²) >= 11 is 2.09. The Kier molecular flexibility index (Phi) is 5.73. The smallest absolute Gasteiger partial charge is 0.135 e. The molecule has 0 spiro atoms. The lowest BCUT2D eigenvalue weighted by Gasteiger charge is -2.19. The first-order chi connectivity index (χ1) is 10.0. The van der Waals surface area contributed by atoms with E-state index in [1.54, 1.807) is 0 Å². The van der Waals surface area contributed by atoms with E-state index in [9.17, 15) is 0 Å². The van der Waals surface area contributed by atoms with Crippen LogP contribution in [0.1, 0.15) is 57.3 Å². The second-order valence-electron chi connectivity index (χ2n) is 6.04. The van der Waals surface area contributed by atoms with Crippen molar-refractivity contribution in [1.29, 1.82) is 0 Å². The van der Waals surface area contributed by atoms with E-state index in [4.69, 9.17) is 4.98 Å². The van der Waals surface area contributed by atoms with Gasteiger partial charge in [0.1, 0.15) is 17.5 Å². The van der Waals surface area contributed by atoms with E-state index in [0.717, 1.165) is 28.3 Å². The highest BCUT2D eigenvalue weighted by atomic mass is 32.2. The van der Waals surface area contributed by atoms with Crippen molar-refractivity contribution in [2.75, 3.05) is 23.4 Å². The van der Waals surface area contributed by atoms with Crippen molar-refractivity contribution in [3.63, 3.8) is 0 Å². The van der Waals surface area contributed by atoms with E-state index in [1.165, 1.54) is 25.0 Å². The molecule has 1 fully saturated rings. The normalized spacial score (nSPS) is 21.8. The Balaban J connectivity index is 2.14.